The van der Waals surface area contributed by atoms with Crippen molar-refractivity contribution < 1.29 is 0 Å². The zero-order chi connectivity index (χ0) is 10.4. The van der Waals surface area contributed by atoms with Crippen LogP contribution in [0.2, 0.25) is 0 Å². The molecule has 0 unspecified atom stereocenters. The molecule has 0 spiro atoms. The Bertz CT molecular complexity index is 447. The average molecular weight is 301 g/mol. The molecule has 0 radical (unpaired) electrons. The minimum absolute atomic E-state index is 0.597. The Morgan fingerprint density at radius 3 is 2.80 bits per heavy atom. The SMILES string of the molecule is Nc1nc([C@@H]2C[C@H]2c2csc(Br)c2)cs1. The van der Waals surface area contributed by atoms with Gasteiger partial charge in [0.15, 0.2) is 5.13 Å². The van der Waals surface area contributed by atoms with Gasteiger partial charge in [0.05, 0.1) is 9.48 Å². The predicted molar refractivity (Wildman–Crippen MR) is 68.6 cm³/mol. The zero-order valence-electron chi connectivity index (χ0n) is 7.81. The summed E-state index contributed by atoms with van der Waals surface area (Å²) in [6, 6.07) is 2.21. The number of hydrogen-bond acceptors (Lipinski definition) is 4. The molecule has 0 aliphatic heterocycles. The summed E-state index contributed by atoms with van der Waals surface area (Å²) in [6.07, 6.45) is 1.21. The number of hydrogen-bond donors (Lipinski definition) is 1. The summed E-state index contributed by atoms with van der Waals surface area (Å²) >= 11 is 6.78. The van der Waals surface area contributed by atoms with E-state index in [4.69, 9.17) is 5.73 Å². The van der Waals surface area contributed by atoms with E-state index in [1.165, 1.54) is 32.8 Å². The van der Waals surface area contributed by atoms with Gasteiger partial charge in [0.25, 0.3) is 0 Å². The summed E-state index contributed by atoms with van der Waals surface area (Å²) < 4.78 is 1.21. The predicted octanol–water partition coefficient (Wildman–Crippen LogP) is 3.82. The largest absolute Gasteiger partial charge is 0.375 e. The Hall–Kier alpha value is -0.390. The van der Waals surface area contributed by atoms with Crippen molar-refractivity contribution in [3.8, 4) is 0 Å². The minimum atomic E-state index is 0.597. The van der Waals surface area contributed by atoms with Crippen molar-refractivity contribution in [1.29, 1.82) is 0 Å². The number of nitrogens with zero attached hydrogens (tertiary/aromatic N) is 1. The molecule has 1 saturated carbocycles. The number of rotatable bonds is 2. The van der Waals surface area contributed by atoms with Crippen LogP contribution in [0.4, 0.5) is 5.13 Å². The molecule has 2 N–H and O–H groups in total. The molecule has 2 nitrogen and oxygen atoms in total. The minimum Gasteiger partial charge on any atom is -0.375 e. The van der Waals surface area contributed by atoms with Gasteiger partial charge >= 0.3 is 0 Å². The highest BCUT2D eigenvalue weighted by atomic mass is 79.9. The van der Waals surface area contributed by atoms with Gasteiger partial charge in [-0.25, -0.2) is 4.98 Å². The lowest BCUT2D eigenvalue weighted by Crippen LogP contribution is -1.85. The Morgan fingerprint density at radius 1 is 1.33 bits per heavy atom. The monoisotopic (exact) mass is 300 g/mol. The van der Waals surface area contributed by atoms with Crippen LogP contribution in [-0.2, 0) is 0 Å². The van der Waals surface area contributed by atoms with E-state index in [0.29, 0.717) is 17.0 Å². The topological polar surface area (TPSA) is 38.9 Å². The van der Waals surface area contributed by atoms with E-state index in [0.717, 1.165) is 0 Å². The van der Waals surface area contributed by atoms with Crippen LogP contribution in [0.3, 0.4) is 0 Å². The van der Waals surface area contributed by atoms with Gasteiger partial charge in [-0.05, 0) is 45.3 Å². The molecule has 0 saturated heterocycles. The fourth-order valence-corrected chi connectivity index (χ4v) is 3.75. The van der Waals surface area contributed by atoms with Gasteiger partial charge in [0, 0.05) is 11.3 Å². The summed E-state index contributed by atoms with van der Waals surface area (Å²) in [5.41, 5.74) is 8.24. The maximum atomic E-state index is 5.63. The lowest BCUT2D eigenvalue weighted by molar-refractivity contribution is 0.989. The summed E-state index contributed by atoms with van der Waals surface area (Å²) in [4.78, 5) is 4.34. The molecule has 0 bridgehead atoms. The summed E-state index contributed by atoms with van der Waals surface area (Å²) in [5.74, 6) is 1.26. The lowest BCUT2D eigenvalue weighted by atomic mass is 10.1. The van der Waals surface area contributed by atoms with Gasteiger partial charge < -0.3 is 5.73 Å². The fraction of sp³-hybridized carbons (Fsp3) is 0.300. The number of thiazole rings is 1. The van der Waals surface area contributed by atoms with Crippen LogP contribution < -0.4 is 5.73 Å². The van der Waals surface area contributed by atoms with Crippen molar-refractivity contribution in [3.05, 3.63) is 31.9 Å². The Balaban J connectivity index is 1.79. The maximum Gasteiger partial charge on any atom is 0.180 e. The average Bonchev–Trinajstić information content (AvgIpc) is 2.70. The van der Waals surface area contributed by atoms with E-state index in [-0.39, 0.29) is 0 Å². The van der Waals surface area contributed by atoms with Crippen molar-refractivity contribution in [2.75, 3.05) is 5.73 Å². The van der Waals surface area contributed by atoms with Crippen molar-refractivity contribution >= 4 is 43.7 Å². The quantitative estimate of drug-likeness (QED) is 0.916. The molecule has 2 atom stereocenters. The van der Waals surface area contributed by atoms with Crippen LogP contribution in [0.5, 0.6) is 0 Å². The first kappa shape index (κ1) is 9.81. The molecular weight excluding hydrogens is 292 g/mol. The highest BCUT2D eigenvalue weighted by Crippen LogP contribution is 2.55. The molecular formula is C10H9BrN2S2. The third-order valence-electron chi connectivity index (χ3n) is 2.73. The first-order valence-electron chi connectivity index (χ1n) is 4.69. The van der Waals surface area contributed by atoms with Crippen LogP contribution in [0, 0.1) is 0 Å². The molecule has 1 aliphatic carbocycles. The summed E-state index contributed by atoms with van der Waals surface area (Å²) in [6.45, 7) is 0. The van der Waals surface area contributed by atoms with E-state index >= 15 is 0 Å². The van der Waals surface area contributed by atoms with Gasteiger partial charge in [-0.3, -0.25) is 0 Å². The molecule has 15 heavy (non-hydrogen) atoms. The van der Waals surface area contributed by atoms with E-state index in [9.17, 15) is 0 Å². The van der Waals surface area contributed by atoms with Gasteiger partial charge in [-0.15, -0.1) is 22.7 Å². The number of nitrogen functional groups attached to an aromatic ring is 1. The third kappa shape index (κ3) is 1.84. The van der Waals surface area contributed by atoms with Crippen LogP contribution in [0.1, 0.15) is 29.5 Å². The first-order valence-corrected chi connectivity index (χ1v) is 7.24. The highest BCUT2D eigenvalue weighted by Gasteiger charge is 2.41. The molecule has 78 valence electrons. The molecule has 2 heterocycles. The second-order valence-electron chi connectivity index (χ2n) is 3.74. The number of aromatic nitrogens is 1. The molecule has 2 aromatic rings. The van der Waals surface area contributed by atoms with Crippen LogP contribution in [0.15, 0.2) is 20.6 Å². The van der Waals surface area contributed by atoms with Crippen LogP contribution in [-0.4, -0.2) is 4.98 Å². The van der Waals surface area contributed by atoms with Gasteiger partial charge in [0.2, 0.25) is 0 Å². The van der Waals surface area contributed by atoms with Crippen molar-refractivity contribution in [2.24, 2.45) is 0 Å². The Labute approximate surface area is 104 Å². The normalized spacial score (nSPS) is 24.3. The summed E-state index contributed by atoms with van der Waals surface area (Å²) in [7, 11) is 0. The Kier molecular flexibility index (Phi) is 2.34. The highest BCUT2D eigenvalue weighted by molar-refractivity contribution is 9.11. The number of anilines is 1. The standard InChI is InChI=1S/C10H9BrN2S2/c11-9-1-5(3-14-9)6-2-7(6)8-4-15-10(12)13-8/h1,3-4,6-7H,2H2,(H2,12,13)/t6-,7+/m0/s1. The number of nitrogens with two attached hydrogens (primary N) is 1. The molecule has 1 fully saturated rings. The second-order valence-corrected chi connectivity index (χ2v) is 6.92. The first-order chi connectivity index (χ1) is 7.24. The van der Waals surface area contributed by atoms with E-state index in [1.54, 1.807) is 11.3 Å². The lowest BCUT2D eigenvalue weighted by Gasteiger charge is -1.92. The van der Waals surface area contributed by atoms with Gasteiger partial charge in [-0.1, -0.05) is 0 Å². The molecule has 0 aromatic carbocycles. The number of thiophene rings is 1. The van der Waals surface area contributed by atoms with Gasteiger partial charge in [0.1, 0.15) is 0 Å². The maximum absolute atomic E-state index is 5.63. The fourth-order valence-electron chi connectivity index (χ4n) is 1.88. The van der Waals surface area contributed by atoms with E-state index < -0.39 is 0 Å². The molecule has 1 aliphatic rings. The van der Waals surface area contributed by atoms with E-state index in [2.05, 4.69) is 37.7 Å². The molecule has 3 rings (SSSR count). The van der Waals surface area contributed by atoms with Crippen molar-refractivity contribution in [3.63, 3.8) is 0 Å². The molecule has 2 aromatic heterocycles. The van der Waals surface area contributed by atoms with Crippen molar-refractivity contribution in [1.82, 2.24) is 4.98 Å². The Morgan fingerprint density at radius 2 is 2.20 bits per heavy atom. The molecule has 5 heteroatoms. The smallest absolute Gasteiger partial charge is 0.180 e. The van der Waals surface area contributed by atoms with Gasteiger partial charge in [-0.2, -0.15) is 0 Å². The van der Waals surface area contributed by atoms with Crippen molar-refractivity contribution in [2.45, 2.75) is 18.3 Å². The second kappa shape index (κ2) is 3.57. The van der Waals surface area contributed by atoms with Crippen LogP contribution in [0.25, 0.3) is 0 Å². The zero-order valence-corrected chi connectivity index (χ0v) is 11.0. The third-order valence-corrected chi connectivity index (χ3v) is 4.94. The van der Waals surface area contributed by atoms with E-state index in [1.807, 2.05) is 0 Å². The summed E-state index contributed by atoms with van der Waals surface area (Å²) in [5, 5.41) is 4.99. The number of halogens is 1. The van der Waals surface area contributed by atoms with Crippen LogP contribution >= 0.6 is 38.6 Å². The molecule has 0 amide bonds.